The number of ether oxygens (including phenoxy) is 1. The van der Waals surface area contributed by atoms with Crippen molar-refractivity contribution in [2.45, 2.75) is 19.4 Å². The van der Waals surface area contributed by atoms with E-state index < -0.39 is 0 Å². The van der Waals surface area contributed by atoms with Gasteiger partial charge in [0.05, 0.1) is 12.6 Å². The van der Waals surface area contributed by atoms with Gasteiger partial charge in [0.25, 0.3) is 5.91 Å². The standard InChI is InChI=1S/C22H29N3O3/c1-4-17-10-12-18(13-11-17)20(25(2)3)14-23-21(26)15-24-22(27)16-28-19-8-6-5-7-9-19/h5-13,20H,4,14-16H2,1-3H3,(H,23,26)(H,24,27). The molecule has 150 valence electrons. The fourth-order valence-electron chi connectivity index (χ4n) is 2.74. The van der Waals surface area contributed by atoms with E-state index >= 15 is 0 Å². The summed E-state index contributed by atoms with van der Waals surface area (Å²) in [6, 6.07) is 17.6. The lowest BCUT2D eigenvalue weighted by atomic mass is 10.0. The summed E-state index contributed by atoms with van der Waals surface area (Å²) in [6.45, 7) is 2.39. The van der Waals surface area contributed by atoms with Gasteiger partial charge in [-0.15, -0.1) is 0 Å². The van der Waals surface area contributed by atoms with Gasteiger partial charge in [-0.1, -0.05) is 49.4 Å². The number of hydrogen-bond acceptors (Lipinski definition) is 4. The average molecular weight is 383 g/mol. The normalized spacial score (nSPS) is 11.7. The Balaban J connectivity index is 1.75. The smallest absolute Gasteiger partial charge is 0.258 e. The van der Waals surface area contributed by atoms with E-state index in [1.165, 1.54) is 5.56 Å². The molecule has 2 aromatic carbocycles. The molecule has 0 fully saturated rings. The Labute approximate surface area is 166 Å². The minimum atomic E-state index is -0.335. The van der Waals surface area contributed by atoms with Crippen molar-refractivity contribution in [1.29, 1.82) is 0 Å². The highest BCUT2D eigenvalue weighted by atomic mass is 16.5. The van der Waals surface area contributed by atoms with Gasteiger partial charge in [0.2, 0.25) is 5.91 Å². The third kappa shape index (κ3) is 7.04. The number of carbonyl (C=O) groups is 2. The van der Waals surface area contributed by atoms with E-state index in [2.05, 4.69) is 46.7 Å². The van der Waals surface area contributed by atoms with Crippen molar-refractivity contribution < 1.29 is 14.3 Å². The van der Waals surface area contributed by atoms with Crippen LogP contribution in [-0.2, 0) is 16.0 Å². The summed E-state index contributed by atoms with van der Waals surface area (Å²) in [4.78, 5) is 26.0. The van der Waals surface area contributed by atoms with Gasteiger partial charge in [-0.2, -0.15) is 0 Å². The molecule has 0 aliphatic carbocycles. The van der Waals surface area contributed by atoms with E-state index in [-0.39, 0.29) is 31.0 Å². The highest BCUT2D eigenvalue weighted by Gasteiger charge is 2.15. The summed E-state index contributed by atoms with van der Waals surface area (Å²) in [5.74, 6) is 0.0495. The lowest BCUT2D eigenvalue weighted by Crippen LogP contribution is -2.41. The first kappa shape index (κ1) is 21.4. The third-order valence-corrected chi connectivity index (χ3v) is 4.45. The van der Waals surface area contributed by atoms with Crippen LogP contribution in [-0.4, -0.2) is 50.5 Å². The van der Waals surface area contributed by atoms with Crippen molar-refractivity contribution >= 4 is 11.8 Å². The number of hydrogen-bond donors (Lipinski definition) is 2. The van der Waals surface area contributed by atoms with E-state index in [4.69, 9.17) is 4.74 Å². The van der Waals surface area contributed by atoms with Crippen LogP contribution < -0.4 is 15.4 Å². The predicted octanol–water partition coefficient (Wildman–Crippen LogP) is 2.16. The van der Waals surface area contributed by atoms with Gasteiger partial charge < -0.3 is 20.3 Å². The van der Waals surface area contributed by atoms with Gasteiger partial charge in [0, 0.05) is 6.54 Å². The molecule has 0 spiro atoms. The molecule has 2 rings (SSSR count). The van der Waals surface area contributed by atoms with E-state index in [0.717, 1.165) is 12.0 Å². The fraction of sp³-hybridized carbons (Fsp3) is 0.364. The maximum atomic E-state index is 12.1. The molecule has 0 radical (unpaired) electrons. The van der Waals surface area contributed by atoms with E-state index in [1.807, 2.05) is 32.3 Å². The van der Waals surface area contributed by atoms with Gasteiger partial charge >= 0.3 is 0 Å². The zero-order valence-corrected chi connectivity index (χ0v) is 16.8. The van der Waals surface area contributed by atoms with Crippen molar-refractivity contribution in [1.82, 2.24) is 15.5 Å². The van der Waals surface area contributed by atoms with E-state index in [0.29, 0.717) is 12.3 Å². The van der Waals surface area contributed by atoms with Crippen LogP contribution in [0.5, 0.6) is 5.75 Å². The Kier molecular flexibility index (Phi) is 8.49. The van der Waals surface area contributed by atoms with Gasteiger partial charge in [0.15, 0.2) is 6.61 Å². The van der Waals surface area contributed by atoms with Crippen LogP contribution in [0.15, 0.2) is 54.6 Å². The molecule has 0 saturated heterocycles. The van der Waals surface area contributed by atoms with Crippen LogP contribution in [0.25, 0.3) is 0 Å². The van der Waals surface area contributed by atoms with E-state index in [9.17, 15) is 9.59 Å². The lowest BCUT2D eigenvalue weighted by molar-refractivity contribution is -0.127. The lowest BCUT2D eigenvalue weighted by Gasteiger charge is -2.25. The van der Waals surface area contributed by atoms with Crippen molar-refractivity contribution in [2.75, 3.05) is 33.8 Å². The molecule has 0 aliphatic rings. The molecule has 6 heteroatoms. The van der Waals surface area contributed by atoms with Gasteiger partial charge in [-0.25, -0.2) is 0 Å². The second-order valence-electron chi connectivity index (χ2n) is 6.76. The number of benzene rings is 2. The average Bonchev–Trinajstić information content (AvgIpc) is 2.72. The highest BCUT2D eigenvalue weighted by Crippen LogP contribution is 2.18. The summed E-state index contributed by atoms with van der Waals surface area (Å²) in [6.07, 6.45) is 0.997. The summed E-state index contributed by atoms with van der Waals surface area (Å²) in [5.41, 5.74) is 2.42. The van der Waals surface area contributed by atoms with Gasteiger partial charge in [-0.3, -0.25) is 9.59 Å². The summed E-state index contributed by atoms with van der Waals surface area (Å²) < 4.78 is 5.36. The molecule has 0 aromatic heterocycles. The Morgan fingerprint density at radius 2 is 1.64 bits per heavy atom. The fourth-order valence-corrected chi connectivity index (χ4v) is 2.74. The van der Waals surface area contributed by atoms with Crippen molar-refractivity contribution in [3.8, 4) is 5.75 Å². The summed E-state index contributed by atoms with van der Waals surface area (Å²) >= 11 is 0. The van der Waals surface area contributed by atoms with Crippen molar-refractivity contribution in [3.63, 3.8) is 0 Å². The molecule has 2 aromatic rings. The molecular weight excluding hydrogens is 354 g/mol. The molecule has 0 aliphatic heterocycles. The number of nitrogens with zero attached hydrogens (tertiary/aromatic N) is 1. The Morgan fingerprint density at radius 1 is 0.964 bits per heavy atom. The minimum Gasteiger partial charge on any atom is -0.484 e. The highest BCUT2D eigenvalue weighted by molar-refractivity contribution is 5.85. The SMILES string of the molecule is CCc1ccc(C(CNC(=O)CNC(=O)COc2ccccc2)N(C)C)cc1. The monoisotopic (exact) mass is 383 g/mol. The number of aryl methyl sites for hydroxylation is 1. The second kappa shape index (κ2) is 11.1. The molecular formula is C22H29N3O3. The first-order valence-electron chi connectivity index (χ1n) is 9.46. The van der Waals surface area contributed by atoms with E-state index in [1.54, 1.807) is 12.1 Å². The Bertz CT molecular complexity index is 745. The first-order valence-corrected chi connectivity index (χ1v) is 9.46. The Morgan fingerprint density at radius 3 is 2.25 bits per heavy atom. The predicted molar refractivity (Wildman–Crippen MR) is 110 cm³/mol. The molecule has 0 saturated carbocycles. The summed E-state index contributed by atoms with van der Waals surface area (Å²) in [7, 11) is 3.96. The number of rotatable bonds is 10. The topological polar surface area (TPSA) is 70.7 Å². The number of para-hydroxylation sites is 1. The van der Waals surface area contributed by atoms with Crippen LogP contribution in [0, 0.1) is 0 Å². The molecule has 0 heterocycles. The maximum absolute atomic E-state index is 12.1. The van der Waals surface area contributed by atoms with Crippen LogP contribution in [0.3, 0.4) is 0 Å². The number of likely N-dealkylation sites (N-methyl/N-ethyl adjacent to an activating group) is 1. The molecule has 6 nitrogen and oxygen atoms in total. The minimum absolute atomic E-state index is 0.0620. The molecule has 1 atom stereocenters. The number of carbonyl (C=O) groups excluding carboxylic acids is 2. The van der Waals surface area contributed by atoms with Crippen LogP contribution in [0.1, 0.15) is 24.1 Å². The molecule has 1 unspecified atom stereocenters. The molecule has 2 N–H and O–H groups in total. The molecule has 2 amide bonds. The number of nitrogens with one attached hydrogen (secondary N) is 2. The quantitative estimate of drug-likeness (QED) is 0.660. The maximum Gasteiger partial charge on any atom is 0.258 e. The van der Waals surface area contributed by atoms with Crippen LogP contribution >= 0.6 is 0 Å². The molecule has 0 bridgehead atoms. The van der Waals surface area contributed by atoms with Crippen LogP contribution in [0.2, 0.25) is 0 Å². The zero-order chi connectivity index (χ0) is 20.4. The van der Waals surface area contributed by atoms with Crippen LogP contribution in [0.4, 0.5) is 0 Å². The van der Waals surface area contributed by atoms with Crippen molar-refractivity contribution in [2.24, 2.45) is 0 Å². The zero-order valence-electron chi connectivity index (χ0n) is 16.8. The first-order chi connectivity index (χ1) is 13.5. The Hall–Kier alpha value is -2.86. The molecule has 28 heavy (non-hydrogen) atoms. The summed E-state index contributed by atoms with van der Waals surface area (Å²) in [5, 5.41) is 5.46. The second-order valence-corrected chi connectivity index (χ2v) is 6.76. The largest absolute Gasteiger partial charge is 0.484 e. The van der Waals surface area contributed by atoms with Crippen molar-refractivity contribution in [3.05, 3.63) is 65.7 Å². The van der Waals surface area contributed by atoms with Gasteiger partial charge in [-0.05, 0) is 43.8 Å². The third-order valence-electron chi connectivity index (χ3n) is 4.45. The van der Waals surface area contributed by atoms with Gasteiger partial charge in [0.1, 0.15) is 5.75 Å². The number of amides is 2.